The molecular formula is C12H13FN2OS. The van der Waals surface area contributed by atoms with Crippen molar-refractivity contribution in [1.82, 2.24) is 10.3 Å². The van der Waals surface area contributed by atoms with Gasteiger partial charge in [-0.1, -0.05) is 0 Å². The van der Waals surface area contributed by atoms with Gasteiger partial charge in [0, 0.05) is 31.0 Å². The second-order valence-corrected chi connectivity index (χ2v) is 4.44. The molecule has 2 aromatic rings. The number of halogens is 1. The van der Waals surface area contributed by atoms with E-state index in [0.717, 1.165) is 30.3 Å². The molecule has 2 rings (SSSR count). The van der Waals surface area contributed by atoms with Gasteiger partial charge in [0.1, 0.15) is 11.6 Å². The first-order chi connectivity index (χ1) is 8.24. The molecule has 17 heavy (non-hydrogen) atoms. The number of aromatic nitrogens is 1. The van der Waals surface area contributed by atoms with Gasteiger partial charge in [-0.15, -0.1) is 11.3 Å². The highest BCUT2D eigenvalue weighted by Crippen LogP contribution is 2.14. The molecule has 0 aliphatic heterocycles. The smallest absolute Gasteiger partial charge is 0.127 e. The molecule has 0 atom stereocenters. The Balaban J connectivity index is 1.78. The van der Waals surface area contributed by atoms with Crippen LogP contribution in [0.15, 0.2) is 29.1 Å². The first kappa shape index (κ1) is 12.0. The van der Waals surface area contributed by atoms with Gasteiger partial charge in [-0.25, -0.2) is 9.37 Å². The van der Waals surface area contributed by atoms with Crippen LogP contribution in [0.2, 0.25) is 0 Å². The maximum absolute atomic E-state index is 13.0. The monoisotopic (exact) mass is 252 g/mol. The van der Waals surface area contributed by atoms with Crippen LogP contribution in [-0.4, -0.2) is 16.6 Å². The summed E-state index contributed by atoms with van der Waals surface area (Å²) in [7, 11) is 0. The first-order valence-electron chi connectivity index (χ1n) is 5.30. The van der Waals surface area contributed by atoms with Crippen molar-refractivity contribution in [1.29, 1.82) is 0 Å². The summed E-state index contributed by atoms with van der Waals surface area (Å²) in [4.78, 5) is 4.17. The summed E-state index contributed by atoms with van der Waals surface area (Å²) in [6.45, 7) is 1.32. The number of nitrogens with one attached hydrogen (secondary N) is 1. The van der Waals surface area contributed by atoms with E-state index in [2.05, 4.69) is 10.3 Å². The van der Waals surface area contributed by atoms with Crippen LogP contribution in [0.3, 0.4) is 0 Å². The van der Waals surface area contributed by atoms with Crippen molar-refractivity contribution in [3.63, 3.8) is 0 Å². The Labute approximate surface area is 103 Å². The maximum Gasteiger partial charge on any atom is 0.127 e. The molecule has 1 aromatic carbocycles. The van der Waals surface area contributed by atoms with Crippen molar-refractivity contribution < 1.29 is 9.50 Å². The van der Waals surface area contributed by atoms with E-state index in [9.17, 15) is 9.50 Å². The third-order valence-corrected chi connectivity index (χ3v) is 2.95. The van der Waals surface area contributed by atoms with E-state index >= 15 is 0 Å². The fraction of sp³-hybridized carbons (Fsp3) is 0.250. The lowest BCUT2D eigenvalue weighted by Gasteiger charge is -2.04. The molecule has 0 amide bonds. The Hall–Kier alpha value is -1.46. The van der Waals surface area contributed by atoms with Gasteiger partial charge >= 0.3 is 0 Å². The zero-order valence-electron chi connectivity index (χ0n) is 9.19. The summed E-state index contributed by atoms with van der Waals surface area (Å²) >= 11 is 1.58. The minimum atomic E-state index is -0.415. The summed E-state index contributed by atoms with van der Waals surface area (Å²) in [6.07, 6.45) is 0.852. The quantitative estimate of drug-likeness (QED) is 0.803. The van der Waals surface area contributed by atoms with Gasteiger partial charge in [0.05, 0.1) is 11.2 Å². The van der Waals surface area contributed by atoms with E-state index < -0.39 is 5.82 Å². The van der Waals surface area contributed by atoms with Crippen LogP contribution in [0.4, 0.5) is 4.39 Å². The van der Waals surface area contributed by atoms with Crippen molar-refractivity contribution >= 4 is 11.3 Å². The van der Waals surface area contributed by atoms with Gasteiger partial charge in [0.2, 0.25) is 0 Å². The van der Waals surface area contributed by atoms with Gasteiger partial charge in [0.15, 0.2) is 0 Å². The highest BCUT2D eigenvalue weighted by atomic mass is 32.1. The van der Waals surface area contributed by atoms with Crippen molar-refractivity contribution in [3.8, 4) is 5.75 Å². The van der Waals surface area contributed by atoms with Crippen molar-refractivity contribution in [2.75, 3.05) is 6.54 Å². The Bertz CT molecular complexity index is 453. The predicted octanol–water partition coefficient (Wildman–Crippen LogP) is 2.32. The summed E-state index contributed by atoms with van der Waals surface area (Å²) in [5.41, 5.74) is 3.60. The molecule has 0 bridgehead atoms. The van der Waals surface area contributed by atoms with E-state index in [0.29, 0.717) is 6.54 Å². The number of thiazole rings is 1. The zero-order chi connectivity index (χ0) is 12.1. The van der Waals surface area contributed by atoms with E-state index in [-0.39, 0.29) is 5.75 Å². The molecule has 0 saturated carbocycles. The van der Waals surface area contributed by atoms with Crippen LogP contribution in [0, 0.1) is 5.82 Å². The molecule has 0 aliphatic carbocycles. The second kappa shape index (κ2) is 5.75. The topological polar surface area (TPSA) is 45.1 Å². The van der Waals surface area contributed by atoms with Gasteiger partial charge in [-0.05, 0) is 17.7 Å². The fourth-order valence-corrected chi connectivity index (χ4v) is 2.14. The molecule has 0 saturated heterocycles. The van der Waals surface area contributed by atoms with Crippen LogP contribution in [-0.2, 0) is 13.0 Å². The molecule has 0 fully saturated rings. The van der Waals surface area contributed by atoms with E-state index in [1.807, 2.05) is 5.38 Å². The molecule has 0 unspecified atom stereocenters. The molecule has 0 aliphatic rings. The second-order valence-electron chi connectivity index (χ2n) is 3.72. The fourth-order valence-electron chi connectivity index (χ4n) is 1.55. The SMILES string of the molecule is Oc1cc(F)cc(CNCCc2cscn2)c1. The number of hydrogen-bond acceptors (Lipinski definition) is 4. The van der Waals surface area contributed by atoms with Crippen LogP contribution < -0.4 is 5.32 Å². The molecule has 1 heterocycles. The molecule has 0 radical (unpaired) electrons. The van der Waals surface area contributed by atoms with E-state index in [1.165, 1.54) is 6.07 Å². The molecular weight excluding hydrogens is 239 g/mol. The van der Waals surface area contributed by atoms with E-state index in [4.69, 9.17) is 0 Å². The number of rotatable bonds is 5. The molecule has 3 nitrogen and oxygen atoms in total. The number of hydrogen-bond donors (Lipinski definition) is 2. The predicted molar refractivity (Wildman–Crippen MR) is 65.6 cm³/mol. The normalized spacial score (nSPS) is 10.6. The molecule has 0 spiro atoms. The maximum atomic E-state index is 13.0. The highest BCUT2D eigenvalue weighted by Gasteiger charge is 2.00. The lowest BCUT2D eigenvalue weighted by molar-refractivity contribution is 0.467. The number of phenolic OH excluding ortho intramolecular Hbond substituents is 1. The Morgan fingerprint density at radius 1 is 1.35 bits per heavy atom. The third-order valence-electron chi connectivity index (χ3n) is 2.31. The molecule has 1 aromatic heterocycles. The average Bonchev–Trinajstić information content (AvgIpc) is 2.76. The standard InChI is InChI=1S/C12H13FN2OS/c13-10-3-9(4-12(16)5-10)6-14-2-1-11-7-17-8-15-11/h3-5,7-8,14,16H,1-2,6H2. The highest BCUT2D eigenvalue weighted by molar-refractivity contribution is 7.07. The summed E-state index contributed by atoms with van der Waals surface area (Å²) in [5.74, 6) is -0.456. The van der Waals surface area contributed by atoms with E-state index in [1.54, 1.807) is 22.9 Å². The zero-order valence-corrected chi connectivity index (χ0v) is 10.0. The molecule has 5 heteroatoms. The molecule has 2 N–H and O–H groups in total. The lowest BCUT2D eigenvalue weighted by Crippen LogP contribution is -2.16. The van der Waals surface area contributed by atoms with Gasteiger partial charge < -0.3 is 10.4 Å². The number of benzene rings is 1. The Morgan fingerprint density at radius 3 is 2.94 bits per heavy atom. The van der Waals surface area contributed by atoms with Crippen LogP contribution in [0.1, 0.15) is 11.3 Å². The summed E-state index contributed by atoms with van der Waals surface area (Å²) in [5, 5.41) is 14.4. The van der Waals surface area contributed by atoms with Crippen LogP contribution in [0.25, 0.3) is 0 Å². The lowest BCUT2D eigenvalue weighted by atomic mass is 10.2. The van der Waals surface area contributed by atoms with Crippen LogP contribution >= 0.6 is 11.3 Å². The summed E-state index contributed by atoms with van der Waals surface area (Å²) in [6, 6.07) is 4.06. The number of nitrogens with zero attached hydrogens (tertiary/aromatic N) is 1. The van der Waals surface area contributed by atoms with Gasteiger partial charge in [0.25, 0.3) is 0 Å². The average molecular weight is 252 g/mol. The minimum Gasteiger partial charge on any atom is -0.508 e. The van der Waals surface area contributed by atoms with Crippen molar-refractivity contribution in [2.24, 2.45) is 0 Å². The Morgan fingerprint density at radius 2 is 2.24 bits per heavy atom. The molecule has 90 valence electrons. The first-order valence-corrected chi connectivity index (χ1v) is 6.24. The van der Waals surface area contributed by atoms with Gasteiger partial charge in [-0.2, -0.15) is 0 Å². The van der Waals surface area contributed by atoms with Crippen molar-refractivity contribution in [3.05, 3.63) is 46.2 Å². The van der Waals surface area contributed by atoms with Crippen LogP contribution in [0.5, 0.6) is 5.75 Å². The van der Waals surface area contributed by atoms with Crippen molar-refractivity contribution in [2.45, 2.75) is 13.0 Å². The number of aromatic hydroxyl groups is 1. The minimum absolute atomic E-state index is 0.0405. The number of phenols is 1. The Kier molecular flexibility index (Phi) is 4.06. The largest absolute Gasteiger partial charge is 0.508 e. The third kappa shape index (κ3) is 3.80. The van der Waals surface area contributed by atoms with Gasteiger partial charge in [-0.3, -0.25) is 0 Å². The summed E-state index contributed by atoms with van der Waals surface area (Å²) < 4.78 is 13.0.